The number of anilines is 1. The molecule has 3 amide bonds. The van der Waals surface area contributed by atoms with Gasteiger partial charge in [-0.2, -0.15) is 0 Å². The maximum Gasteiger partial charge on any atom is 0.293 e. The summed E-state index contributed by atoms with van der Waals surface area (Å²) in [6.45, 7) is 1.64. The number of benzene rings is 3. The van der Waals surface area contributed by atoms with Crippen molar-refractivity contribution in [3.8, 4) is 11.5 Å². The summed E-state index contributed by atoms with van der Waals surface area (Å²) in [7, 11) is 0. The molecule has 1 heterocycles. The molecule has 0 atom stereocenters. The first-order valence-corrected chi connectivity index (χ1v) is 13.4. The fourth-order valence-corrected chi connectivity index (χ4v) is 5.14. The summed E-state index contributed by atoms with van der Waals surface area (Å²) in [4.78, 5) is 39.0. The molecule has 3 aromatic rings. The van der Waals surface area contributed by atoms with Gasteiger partial charge in [0, 0.05) is 5.56 Å². The Morgan fingerprint density at radius 2 is 1.87 bits per heavy atom. The van der Waals surface area contributed by atoms with E-state index in [0.717, 1.165) is 16.7 Å². The van der Waals surface area contributed by atoms with Gasteiger partial charge in [0.25, 0.3) is 17.1 Å². The van der Waals surface area contributed by atoms with Crippen molar-refractivity contribution in [1.29, 1.82) is 0 Å². The van der Waals surface area contributed by atoms with Gasteiger partial charge < -0.3 is 14.8 Å². The molecule has 0 spiro atoms. The van der Waals surface area contributed by atoms with Crippen LogP contribution in [-0.4, -0.2) is 35.2 Å². The normalized spacial score (nSPS) is 14.2. The van der Waals surface area contributed by atoms with Gasteiger partial charge >= 0.3 is 0 Å². The van der Waals surface area contributed by atoms with E-state index in [9.17, 15) is 18.8 Å². The Morgan fingerprint density at radius 3 is 2.61 bits per heavy atom. The number of amides is 3. The van der Waals surface area contributed by atoms with Gasteiger partial charge in [-0.15, -0.1) is 0 Å². The highest BCUT2D eigenvalue weighted by molar-refractivity contribution is 9.10. The summed E-state index contributed by atoms with van der Waals surface area (Å²) in [5.74, 6) is -0.791. The molecule has 1 fully saturated rings. The molecule has 0 unspecified atom stereocenters. The average molecular weight is 620 g/mol. The molecule has 0 radical (unpaired) electrons. The monoisotopic (exact) mass is 618 g/mol. The molecule has 7 nitrogen and oxygen atoms in total. The molecule has 1 aliphatic heterocycles. The lowest BCUT2D eigenvalue weighted by atomic mass is 10.1. The van der Waals surface area contributed by atoms with E-state index < -0.39 is 22.9 Å². The van der Waals surface area contributed by atoms with Crippen LogP contribution in [0.25, 0.3) is 6.08 Å². The Balaban J connectivity index is 1.50. The molecular weight excluding hydrogens is 599 g/mol. The molecule has 3 aromatic carbocycles. The first-order chi connectivity index (χ1) is 18.3. The zero-order valence-electron chi connectivity index (χ0n) is 20.0. The summed E-state index contributed by atoms with van der Waals surface area (Å²) < 4.78 is 26.0. The Hall–Kier alpha value is -3.34. The number of ether oxygens (including phenoxy) is 2. The van der Waals surface area contributed by atoms with Crippen LogP contribution in [0, 0.1) is 5.82 Å². The number of rotatable bonds is 9. The maximum atomic E-state index is 14.0. The van der Waals surface area contributed by atoms with Crippen LogP contribution >= 0.6 is 39.3 Å². The molecule has 1 saturated heterocycles. The van der Waals surface area contributed by atoms with E-state index in [4.69, 9.17) is 21.1 Å². The molecular formula is C27H21BrClFN2O5S. The molecule has 0 saturated carbocycles. The van der Waals surface area contributed by atoms with E-state index in [2.05, 4.69) is 21.2 Å². The highest BCUT2D eigenvalue weighted by Crippen LogP contribution is 2.39. The number of hydrogen-bond acceptors (Lipinski definition) is 6. The zero-order chi connectivity index (χ0) is 27.2. The van der Waals surface area contributed by atoms with Crippen LogP contribution in [0.2, 0.25) is 5.02 Å². The Labute approximate surface area is 236 Å². The molecule has 1 N–H and O–H groups in total. The van der Waals surface area contributed by atoms with E-state index in [-0.39, 0.29) is 23.6 Å². The molecule has 0 bridgehead atoms. The predicted molar refractivity (Wildman–Crippen MR) is 149 cm³/mol. The van der Waals surface area contributed by atoms with Gasteiger partial charge in [-0.25, -0.2) is 4.39 Å². The van der Waals surface area contributed by atoms with Gasteiger partial charge in [-0.3, -0.25) is 19.3 Å². The number of hydrogen-bond donors (Lipinski definition) is 1. The van der Waals surface area contributed by atoms with Gasteiger partial charge in [0.1, 0.15) is 5.82 Å². The minimum atomic E-state index is -0.520. The number of imide groups is 1. The highest BCUT2D eigenvalue weighted by Gasteiger charge is 2.35. The van der Waals surface area contributed by atoms with E-state index in [1.165, 1.54) is 12.1 Å². The van der Waals surface area contributed by atoms with Crippen molar-refractivity contribution in [2.75, 3.05) is 18.5 Å². The number of para-hydroxylation sites is 1. The summed E-state index contributed by atoms with van der Waals surface area (Å²) in [6, 6.07) is 16.1. The average Bonchev–Trinajstić information content (AvgIpc) is 3.13. The van der Waals surface area contributed by atoms with Crippen molar-refractivity contribution in [1.82, 2.24) is 4.90 Å². The number of carbonyl (C=O) groups excluding carboxylic acids is 3. The van der Waals surface area contributed by atoms with Crippen LogP contribution in [0.3, 0.4) is 0 Å². The largest absolute Gasteiger partial charge is 0.490 e. The Bertz CT molecular complexity index is 1430. The van der Waals surface area contributed by atoms with Gasteiger partial charge in [-0.1, -0.05) is 41.9 Å². The van der Waals surface area contributed by atoms with Crippen LogP contribution in [0.4, 0.5) is 14.9 Å². The summed E-state index contributed by atoms with van der Waals surface area (Å²) in [6.07, 6.45) is 1.55. The highest BCUT2D eigenvalue weighted by atomic mass is 79.9. The minimum absolute atomic E-state index is 0.161. The Morgan fingerprint density at radius 1 is 1.13 bits per heavy atom. The molecule has 0 aromatic heterocycles. The first kappa shape index (κ1) is 27.7. The van der Waals surface area contributed by atoms with Crippen molar-refractivity contribution in [2.45, 2.75) is 13.5 Å². The summed E-state index contributed by atoms with van der Waals surface area (Å²) in [5, 5.41) is 2.60. The van der Waals surface area contributed by atoms with Crippen molar-refractivity contribution in [3.05, 3.63) is 92.0 Å². The van der Waals surface area contributed by atoms with Crippen LogP contribution in [0.5, 0.6) is 11.5 Å². The fourth-order valence-electron chi connectivity index (χ4n) is 3.55. The number of halogens is 3. The lowest BCUT2D eigenvalue weighted by molar-refractivity contribution is -0.123. The third-order valence-electron chi connectivity index (χ3n) is 5.28. The van der Waals surface area contributed by atoms with E-state index in [1.54, 1.807) is 61.5 Å². The quantitative estimate of drug-likeness (QED) is 0.263. The first-order valence-electron chi connectivity index (χ1n) is 11.4. The molecule has 4 rings (SSSR count). The van der Waals surface area contributed by atoms with Crippen molar-refractivity contribution < 1.29 is 28.2 Å². The standard InChI is InChI=1S/C27H21BrClFN2O5S/c1-2-36-22-12-16(11-18(28)25(22)37-15-24(33)31-21-10-6-4-8-19(21)29)13-23-26(34)32(27(35)38-23)14-17-7-3-5-9-20(17)30/h3-13H,2,14-15H2,1H3,(H,31,33)/b23-13-. The van der Waals surface area contributed by atoms with Crippen LogP contribution in [0.1, 0.15) is 18.1 Å². The van der Waals surface area contributed by atoms with Crippen molar-refractivity contribution in [2.24, 2.45) is 0 Å². The number of nitrogens with one attached hydrogen (secondary N) is 1. The molecule has 196 valence electrons. The van der Waals surface area contributed by atoms with Crippen LogP contribution in [0.15, 0.2) is 70.0 Å². The number of carbonyl (C=O) groups is 3. The molecule has 0 aliphatic carbocycles. The fraction of sp³-hybridized carbons (Fsp3) is 0.148. The third-order valence-corrected chi connectivity index (χ3v) is 7.11. The van der Waals surface area contributed by atoms with Crippen LogP contribution < -0.4 is 14.8 Å². The van der Waals surface area contributed by atoms with E-state index >= 15 is 0 Å². The smallest absolute Gasteiger partial charge is 0.293 e. The number of thioether (sulfide) groups is 1. The topological polar surface area (TPSA) is 84.9 Å². The predicted octanol–water partition coefficient (Wildman–Crippen LogP) is 6.89. The minimum Gasteiger partial charge on any atom is -0.490 e. The molecule has 1 aliphatic rings. The lowest BCUT2D eigenvalue weighted by Gasteiger charge is -2.15. The SMILES string of the molecule is CCOc1cc(/C=C2\SC(=O)N(Cc3ccccc3F)C2=O)cc(Br)c1OCC(=O)Nc1ccccc1Cl. The summed E-state index contributed by atoms with van der Waals surface area (Å²) in [5.41, 5.74) is 1.27. The van der Waals surface area contributed by atoms with Gasteiger partial charge in [0.05, 0.1) is 33.2 Å². The lowest BCUT2D eigenvalue weighted by Crippen LogP contribution is -2.27. The van der Waals surface area contributed by atoms with Crippen molar-refractivity contribution >= 4 is 68.1 Å². The molecule has 38 heavy (non-hydrogen) atoms. The van der Waals surface area contributed by atoms with Crippen LogP contribution in [-0.2, 0) is 16.1 Å². The maximum absolute atomic E-state index is 14.0. The van der Waals surface area contributed by atoms with Gasteiger partial charge in [0.2, 0.25) is 0 Å². The van der Waals surface area contributed by atoms with Gasteiger partial charge in [-0.05, 0) is 76.6 Å². The Kier molecular flexibility index (Phi) is 9.09. The second kappa shape index (κ2) is 12.5. The van der Waals surface area contributed by atoms with E-state index in [1.807, 2.05) is 0 Å². The van der Waals surface area contributed by atoms with Crippen molar-refractivity contribution in [3.63, 3.8) is 0 Å². The number of nitrogens with zero attached hydrogens (tertiary/aromatic N) is 1. The second-order valence-corrected chi connectivity index (χ2v) is 10.2. The zero-order valence-corrected chi connectivity index (χ0v) is 23.2. The third kappa shape index (κ3) is 6.56. The molecule has 11 heteroatoms. The van der Waals surface area contributed by atoms with Gasteiger partial charge in [0.15, 0.2) is 18.1 Å². The van der Waals surface area contributed by atoms with E-state index in [0.29, 0.717) is 38.9 Å². The second-order valence-electron chi connectivity index (χ2n) is 7.94. The summed E-state index contributed by atoms with van der Waals surface area (Å²) >= 11 is 10.3.